The van der Waals surface area contributed by atoms with Crippen molar-refractivity contribution in [2.75, 3.05) is 13.1 Å². The quantitative estimate of drug-likeness (QED) is 0.916. The highest BCUT2D eigenvalue weighted by Crippen LogP contribution is 2.44. The van der Waals surface area contributed by atoms with Gasteiger partial charge in [-0.1, -0.05) is 24.9 Å². The van der Waals surface area contributed by atoms with E-state index in [4.69, 9.17) is 11.6 Å². The number of hydrogen-bond donors (Lipinski definition) is 1. The number of fused-ring (bicyclic) bond motifs is 1. The van der Waals surface area contributed by atoms with E-state index < -0.39 is 5.60 Å². The van der Waals surface area contributed by atoms with Crippen molar-refractivity contribution in [1.82, 2.24) is 4.90 Å². The van der Waals surface area contributed by atoms with Gasteiger partial charge in [0.25, 0.3) is 0 Å². The molecule has 0 amide bonds. The molecule has 116 valence electrons. The molecule has 3 atom stereocenters. The minimum Gasteiger partial charge on any atom is -0.390 e. The lowest BCUT2D eigenvalue weighted by atomic mass is 9.69. The van der Waals surface area contributed by atoms with Gasteiger partial charge in [-0.15, -0.1) is 0 Å². The first-order chi connectivity index (χ1) is 10.0. The lowest BCUT2D eigenvalue weighted by Gasteiger charge is -2.40. The Morgan fingerprint density at radius 1 is 1.43 bits per heavy atom. The summed E-state index contributed by atoms with van der Waals surface area (Å²) in [4.78, 5) is 2.27. The molecule has 3 rings (SSSR count). The standard InChI is InChI=1S/C17H23ClFNO/c1-2-17(21)7-3-4-12-9-20(11-15(12)17)10-13-8-14(18)5-6-16(13)19/h5-6,8,12,15,21H,2-4,7,9-11H2,1H3/t12-,15+,17-/m1/s1. The Labute approximate surface area is 130 Å². The van der Waals surface area contributed by atoms with Gasteiger partial charge >= 0.3 is 0 Å². The topological polar surface area (TPSA) is 23.5 Å². The summed E-state index contributed by atoms with van der Waals surface area (Å²) in [6.45, 7) is 4.47. The molecule has 0 bridgehead atoms. The molecule has 1 aromatic carbocycles. The van der Waals surface area contributed by atoms with Crippen LogP contribution in [0, 0.1) is 17.7 Å². The molecule has 1 saturated carbocycles. The Morgan fingerprint density at radius 3 is 3.00 bits per heavy atom. The van der Waals surface area contributed by atoms with Gasteiger partial charge < -0.3 is 5.11 Å². The third-order valence-corrected chi connectivity index (χ3v) is 5.64. The molecule has 1 N–H and O–H groups in total. The Kier molecular flexibility index (Phi) is 4.26. The molecule has 1 aliphatic carbocycles. The van der Waals surface area contributed by atoms with E-state index in [-0.39, 0.29) is 5.82 Å². The Bertz CT molecular complexity index is 524. The van der Waals surface area contributed by atoms with Crippen molar-refractivity contribution >= 4 is 11.6 Å². The number of nitrogens with zero attached hydrogens (tertiary/aromatic N) is 1. The molecular weight excluding hydrogens is 289 g/mol. The molecule has 0 radical (unpaired) electrons. The van der Waals surface area contributed by atoms with Gasteiger partial charge in [-0.3, -0.25) is 4.90 Å². The number of hydrogen-bond acceptors (Lipinski definition) is 2. The van der Waals surface area contributed by atoms with E-state index in [1.807, 2.05) is 0 Å². The van der Waals surface area contributed by atoms with Crippen molar-refractivity contribution in [1.29, 1.82) is 0 Å². The molecule has 0 spiro atoms. The van der Waals surface area contributed by atoms with Crippen LogP contribution in [0.1, 0.15) is 38.2 Å². The molecule has 2 fully saturated rings. The monoisotopic (exact) mass is 311 g/mol. The van der Waals surface area contributed by atoms with E-state index in [2.05, 4.69) is 11.8 Å². The third-order valence-electron chi connectivity index (χ3n) is 5.41. The lowest BCUT2D eigenvalue weighted by molar-refractivity contribution is -0.0613. The van der Waals surface area contributed by atoms with Crippen LogP contribution in [-0.4, -0.2) is 28.7 Å². The van der Waals surface area contributed by atoms with Crippen LogP contribution in [0.2, 0.25) is 5.02 Å². The van der Waals surface area contributed by atoms with Crippen molar-refractivity contribution < 1.29 is 9.50 Å². The average Bonchev–Trinajstić information content (AvgIpc) is 2.87. The first-order valence-electron chi connectivity index (χ1n) is 7.90. The fraction of sp³-hybridized carbons (Fsp3) is 0.647. The van der Waals surface area contributed by atoms with Gasteiger partial charge in [0.2, 0.25) is 0 Å². The van der Waals surface area contributed by atoms with Gasteiger partial charge in [-0.2, -0.15) is 0 Å². The number of halogens is 2. The van der Waals surface area contributed by atoms with Crippen LogP contribution in [0.5, 0.6) is 0 Å². The van der Waals surface area contributed by atoms with Gasteiger partial charge in [-0.25, -0.2) is 4.39 Å². The second kappa shape index (κ2) is 5.86. The molecule has 21 heavy (non-hydrogen) atoms. The summed E-state index contributed by atoms with van der Waals surface area (Å²) in [6.07, 6.45) is 4.00. The fourth-order valence-electron chi connectivity index (χ4n) is 4.19. The number of aliphatic hydroxyl groups is 1. The van der Waals surface area contributed by atoms with Crippen LogP contribution >= 0.6 is 11.6 Å². The molecule has 1 heterocycles. The van der Waals surface area contributed by atoms with Gasteiger partial charge in [0, 0.05) is 36.1 Å². The average molecular weight is 312 g/mol. The summed E-state index contributed by atoms with van der Waals surface area (Å²) in [5.41, 5.74) is 0.131. The highest BCUT2D eigenvalue weighted by molar-refractivity contribution is 6.30. The van der Waals surface area contributed by atoms with Crippen molar-refractivity contribution in [2.24, 2.45) is 11.8 Å². The number of likely N-dealkylation sites (tertiary alicyclic amines) is 1. The zero-order chi connectivity index (χ0) is 15.0. The lowest BCUT2D eigenvalue weighted by Crippen LogP contribution is -2.44. The van der Waals surface area contributed by atoms with Crippen molar-refractivity contribution in [3.8, 4) is 0 Å². The zero-order valence-electron chi connectivity index (χ0n) is 12.5. The second-order valence-electron chi connectivity index (χ2n) is 6.65. The van der Waals surface area contributed by atoms with Crippen molar-refractivity contribution in [2.45, 2.75) is 44.8 Å². The summed E-state index contributed by atoms with van der Waals surface area (Å²) in [5.74, 6) is 0.685. The maximum Gasteiger partial charge on any atom is 0.127 e. The fourth-order valence-corrected chi connectivity index (χ4v) is 4.39. The molecule has 0 unspecified atom stereocenters. The number of benzene rings is 1. The summed E-state index contributed by atoms with van der Waals surface area (Å²) in [7, 11) is 0. The summed E-state index contributed by atoms with van der Waals surface area (Å²) in [5, 5.41) is 11.4. The Balaban J connectivity index is 1.73. The zero-order valence-corrected chi connectivity index (χ0v) is 13.2. The second-order valence-corrected chi connectivity index (χ2v) is 7.08. The minimum absolute atomic E-state index is 0.194. The van der Waals surface area contributed by atoms with Crippen LogP contribution < -0.4 is 0 Å². The highest BCUT2D eigenvalue weighted by Gasteiger charge is 2.47. The summed E-state index contributed by atoms with van der Waals surface area (Å²) >= 11 is 5.97. The van der Waals surface area contributed by atoms with Gasteiger partial charge in [0.1, 0.15) is 5.82 Å². The van der Waals surface area contributed by atoms with Crippen LogP contribution in [0.3, 0.4) is 0 Å². The van der Waals surface area contributed by atoms with Gasteiger partial charge in [-0.05, 0) is 43.4 Å². The predicted molar refractivity (Wildman–Crippen MR) is 82.8 cm³/mol. The summed E-state index contributed by atoms with van der Waals surface area (Å²) in [6, 6.07) is 4.73. The summed E-state index contributed by atoms with van der Waals surface area (Å²) < 4.78 is 13.9. The molecule has 2 nitrogen and oxygen atoms in total. The maximum absolute atomic E-state index is 13.9. The largest absolute Gasteiger partial charge is 0.390 e. The Hall–Kier alpha value is -0.640. The van der Waals surface area contributed by atoms with E-state index in [0.717, 1.165) is 32.4 Å². The van der Waals surface area contributed by atoms with Gasteiger partial charge in [0.15, 0.2) is 0 Å². The molecule has 1 aromatic rings. The smallest absolute Gasteiger partial charge is 0.127 e. The SMILES string of the molecule is CC[C@@]1(O)CCC[C@@H]2CN(Cc3cc(Cl)ccc3F)C[C@@H]21. The minimum atomic E-state index is -0.523. The first-order valence-corrected chi connectivity index (χ1v) is 8.28. The van der Waals surface area contributed by atoms with E-state index >= 15 is 0 Å². The molecule has 1 aliphatic heterocycles. The number of rotatable bonds is 3. The first kappa shape index (κ1) is 15.3. The highest BCUT2D eigenvalue weighted by atomic mass is 35.5. The third kappa shape index (κ3) is 2.96. The molecule has 0 aromatic heterocycles. The van der Waals surface area contributed by atoms with Crippen molar-refractivity contribution in [3.05, 3.63) is 34.6 Å². The molecule has 1 saturated heterocycles. The maximum atomic E-state index is 13.9. The van der Waals surface area contributed by atoms with E-state index in [1.54, 1.807) is 12.1 Å². The molecule has 2 aliphatic rings. The Morgan fingerprint density at radius 2 is 2.24 bits per heavy atom. The van der Waals surface area contributed by atoms with E-state index in [0.29, 0.717) is 29.0 Å². The predicted octanol–water partition coefficient (Wildman–Crippen LogP) is 3.85. The van der Waals surface area contributed by atoms with Gasteiger partial charge in [0.05, 0.1) is 5.60 Å². The normalized spacial score (nSPS) is 33.1. The van der Waals surface area contributed by atoms with Crippen LogP contribution in [0.4, 0.5) is 4.39 Å². The van der Waals surface area contributed by atoms with Crippen LogP contribution in [-0.2, 0) is 6.54 Å². The van der Waals surface area contributed by atoms with Crippen LogP contribution in [0.25, 0.3) is 0 Å². The van der Waals surface area contributed by atoms with Crippen LogP contribution in [0.15, 0.2) is 18.2 Å². The van der Waals surface area contributed by atoms with E-state index in [9.17, 15) is 9.50 Å². The van der Waals surface area contributed by atoms with Crippen molar-refractivity contribution in [3.63, 3.8) is 0 Å². The molecular formula is C17H23ClFNO. The molecule has 4 heteroatoms. The van der Waals surface area contributed by atoms with E-state index in [1.165, 1.54) is 12.5 Å².